The van der Waals surface area contributed by atoms with E-state index in [1.807, 2.05) is 5.38 Å². The summed E-state index contributed by atoms with van der Waals surface area (Å²) in [7, 11) is 0. The summed E-state index contributed by atoms with van der Waals surface area (Å²) in [5.41, 5.74) is 1.96. The number of thiophene rings is 1. The number of rotatable bonds is 5. The van der Waals surface area contributed by atoms with E-state index in [0.717, 1.165) is 33.8 Å². The lowest BCUT2D eigenvalue weighted by molar-refractivity contribution is 0.628. The topological polar surface area (TPSA) is 24.9 Å². The van der Waals surface area contributed by atoms with E-state index >= 15 is 0 Å². The Morgan fingerprint density at radius 3 is 2.62 bits per heavy atom. The fourth-order valence-corrected chi connectivity index (χ4v) is 4.12. The van der Waals surface area contributed by atoms with Crippen molar-refractivity contribution in [2.75, 3.05) is 0 Å². The molecule has 2 nitrogen and oxygen atoms in total. The van der Waals surface area contributed by atoms with E-state index in [4.69, 9.17) is 0 Å². The van der Waals surface area contributed by atoms with Crippen molar-refractivity contribution in [3.05, 3.63) is 62.0 Å². The molecule has 0 saturated heterocycles. The van der Waals surface area contributed by atoms with Crippen LogP contribution in [0.5, 0.6) is 0 Å². The maximum absolute atomic E-state index is 12.9. The van der Waals surface area contributed by atoms with Crippen LogP contribution in [-0.4, -0.2) is 4.98 Å². The Morgan fingerprint density at radius 1 is 1.10 bits per heavy atom. The van der Waals surface area contributed by atoms with Crippen LogP contribution in [0.25, 0.3) is 10.6 Å². The third-order valence-electron chi connectivity index (χ3n) is 2.87. The second-order valence-corrected chi connectivity index (χ2v) is 7.26. The molecular formula is C15H12BrFN2S2. The summed E-state index contributed by atoms with van der Waals surface area (Å²) in [6.45, 7) is 1.56. The maximum Gasteiger partial charge on any atom is 0.123 e. The van der Waals surface area contributed by atoms with Crippen molar-refractivity contribution in [2.24, 2.45) is 0 Å². The van der Waals surface area contributed by atoms with Crippen LogP contribution >= 0.6 is 38.6 Å². The molecule has 0 spiro atoms. The molecule has 0 aliphatic carbocycles. The summed E-state index contributed by atoms with van der Waals surface area (Å²) in [4.78, 5) is 5.86. The van der Waals surface area contributed by atoms with Crippen molar-refractivity contribution >= 4 is 38.6 Å². The molecule has 2 aromatic heterocycles. The van der Waals surface area contributed by atoms with Crippen LogP contribution < -0.4 is 5.32 Å². The predicted octanol–water partition coefficient (Wildman–Crippen LogP) is 5.06. The zero-order chi connectivity index (χ0) is 14.7. The van der Waals surface area contributed by atoms with Gasteiger partial charge in [0, 0.05) is 38.8 Å². The van der Waals surface area contributed by atoms with Crippen molar-refractivity contribution in [3.8, 4) is 10.6 Å². The normalized spacial score (nSPS) is 11.0. The Morgan fingerprint density at radius 2 is 1.90 bits per heavy atom. The second-order valence-electron chi connectivity index (χ2n) is 4.49. The molecule has 2 heterocycles. The van der Waals surface area contributed by atoms with E-state index in [1.165, 1.54) is 17.0 Å². The lowest BCUT2D eigenvalue weighted by atomic mass is 10.2. The Hall–Kier alpha value is -1.08. The third-order valence-corrected chi connectivity index (χ3v) is 5.51. The molecule has 0 bridgehead atoms. The number of hydrogen-bond donors (Lipinski definition) is 1. The highest BCUT2D eigenvalue weighted by atomic mass is 79.9. The fraction of sp³-hybridized carbons (Fsp3) is 0.133. The SMILES string of the molecule is Fc1ccc(-c2nc(CNCc3cc(Br)cs3)cs2)cc1. The first kappa shape index (κ1) is 14.8. The summed E-state index contributed by atoms with van der Waals surface area (Å²) in [6, 6.07) is 8.55. The Balaban J connectivity index is 1.59. The molecule has 1 N–H and O–H groups in total. The number of halogens is 2. The molecule has 3 rings (SSSR count). The van der Waals surface area contributed by atoms with Crippen LogP contribution in [0.4, 0.5) is 4.39 Å². The lowest BCUT2D eigenvalue weighted by Gasteiger charge is -2.00. The van der Waals surface area contributed by atoms with E-state index in [1.54, 1.807) is 34.8 Å². The fourth-order valence-electron chi connectivity index (χ4n) is 1.87. The Kier molecular flexibility index (Phi) is 4.80. The first-order chi connectivity index (χ1) is 10.2. The van der Waals surface area contributed by atoms with Crippen LogP contribution in [0.2, 0.25) is 0 Å². The van der Waals surface area contributed by atoms with Gasteiger partial charge in [-0.05, 0) is 46.3 Å². The van der Waals surface area contributed by atoms with E-state index < -0.39 is 0 Å². The number of nitrogens with zero attached hydrogens (tertiary/aromatic N) is 1. The van der Waals surface area contributed by atoms with E-state index in [0.29, 0.717) is 0 Å². The van der Waals surface area contributed by atoms with Gasteiger partial charge in [0.25, 0.3) is 0 Å². The monoisotopic (exact) mass is 382 g/mol. The smallest absolute Gasteiger partial charge is 0.123 e. The molecule has 0 fully saturated rings. The van der Waals surface area contributed by atoms with Crippen molar-refractivity contribution in [1.82, 2.24) is 10.3 Å². The van der Waals surface area contributed by atoms with Crippen LogP contribution in [-0.2, 0) is 13.1 Å². The molecular weight excluding hydrogens is 371 g/mol. The van der Waals surface area contributed by atoms with Crippen LogP contribution in [0.1, 0.15) is 10.6 Å². The molecule has 108 valence electrons. The first-order valence-corrected chi connectivity index (χ1v) is 8.90. The highest BCUT2D eigenvalue weighted by Crippen LogP contribution is 2.24. The zero-order valence-electron chi connectivity index (χ0n) is 11.0. The van der Waals surface area contributed by atoms with Crippen molar-refractivity contribution in [1.29, 1.82) is 0 Å². The summed E-state index contributed by atoms with van der Waals surface area (Å²) in [6.07, 6.45) is 0. The van der Waals surface area contributed by atoms with Gasteiger partial charge in [-0.2, -0.15) is 0 Å². The van der Waals surface area contributed by atoms with Crippen LogP contribution in [0.15, 0.2) is 45.6 Å². The quantitative estimate of drug-likeness (QED) is 0.666. The molecule has 0 unspecified atom stereocenters. The van der Waals surface area contributed by atoms with Gasteiger partial charge in [0.1, 0.15) is 10.8 Å². The minimum atomic E-state index is -0.223. The second kappa shape index (κ2) is 6.79. The number of benzene rings is 1. The van der Waals surface area contributed by atoms with Gasteiger partial charge in [-0.3, -0.25) is 0 Å². The first-order valence-electron chi connectivity index (χ1n) is 6.35. The van der Waals surface area contributed by atoms with E-state index in [-0.39, 0.29) is 5.82 Å². The highest BCUT2D eigenvalue weighted by molar-refractivity contribution is 9.10. The number of hydrogen-bond acceptors (Lipinski definition) is 4. The van der Waals surface area contributed by atoms with Gasteiger partial charge in [-0.15, -0.1) is 22.7 Å². The van der Waals surface area contributed by atoms with E-state index in [2.05, 4.69) is 37.7 Å². The van der Waals surface area contributed by atoms with Crippen molar-refractivity contribution < 1.29 is 4.39 Å². The summed E-state index contributed by atoms with van der Waals surface area (Å²) >= 11 is 6.75. The summed E-state index contributed by atoms with van der Waals surface area (Å²) in [5.74, 6) is -0.223. The summed E-state index contributed by atoms with van der Waals surface area (Å²) < 4.78 is 14.0. The van der Waals surface area contributed by atoms with Gasteiger partial charge < -0.3 is 5.32 Å². The van der Waals surface area contributed by atoms with Gasteiger partial charge in [-0.1, -0.05) is 0 Å². The molecule has 0 atom stereocenters. The molecule has 21 heavy (non-hydrogen) atoms. The lowest BCUT2D eigenvalue weighted by Crippen LogP contribution is -2.11. The average Bonchev–Trinajstić information content (AvgIpc) is 3.09. The zero-order valence-corrected chi connectivity index (χ0v) is 14.2. The average molecular weight is 383 g/mol. The minimum absolute atomic E-state index is 0.223. The largest absolute Gasteiger partial charge is 0.306 e. The number of aromatic nitrogens is 1. The van der Waals surface area contributed by atoms with Crippen LogP contribution in [0.3, 0.4) is 0 Å². The van der Waals surface area contributed by atoms with Crippen molar-refractivity contribution in [3.63, 3.8) is 0 Å². The molecule has 0 amide bonds. The summed E-state index contributed by atoms with van der Waals surface area (Å²) in [5, 5.41) is 8.41. The Labute approximate surface area is 138 Å². The van der Waals surface area contributed by atoms with Crippen LogP contribution in [0, 0.1) is 5.82 Å². The molecule has 0 aliphatic rings. The molecule has 3 aromatic rings. The molecule has 0 radical (unpaired) electrons. The predicted molar refractivity (Wildman–Crippen MR) is 90.1 cm³/mol. The number of nitrogens with one attached hydrogen (secondary N) is 1. The maximum atomic E-state index is 12.9. The van der Waals surface area contributed by atoms with Crippen molar-refractivity contribution in [2.45, 2.75) is 13.1 Å². The van der Waals surface area contributed by atoms with Gasteiger partial charge in [0.05, 0.1) is 5.69 Å². The molecule has 0 aliphatic heterocycles. The van der Waals surface area contributed by atoms with Gasteiger partial charge in [-0.25, -0.2) is 9.37 Å². The Bertz CT molecular complexity index is 721. The standard InChI is InChI=1S/C15H12BrFN2S2/c16-11-5-14(20-8-11)7-18-6-13-9-21-15(19-13)10-1-3-12(17)4-2-10/h1-5,8-9,18H,6-7H2. The minimum Gasteiger partial charge on any atom is -0.306 e. The van der Waals surface area contributed by atoms with E-state index in [9.17, 15) is 4.39 Å². The molecule has 1 aromatic carbocycles. The third kappa shape index (κ3) is 3.97. The number of thiazole rings is 1. The van der Waals surface area contributed by atoms with Gasteiger partial charge in [0.2, 0.25) is 0 Å². The van der Waals surface area contributed by atoms with Gasteiger partial charge >= 0.3 is 0 Å². The molecule has 6 heteroatoms. The van der Waals surface area contributed by atoms with Gasteiger partial charge in [0.15, 0.2) is 0 Å². The molecule has 0 saturated carbocycles. The highest BCUT2D eigenvalue weighted by Gasteiger charge is 2.05.